The Kier molecular flexibility index (Phi) is 2.42. The number of nitriles is 1. The molecule has 5 heteroatoms. The Bertz CT molecular complexity index is 444. The Morgan fingerprint density at radius 2 is 2.47 bits per heavy atom. The maximum atomic E-state index is 8.34. The van der Waals surface area contributed by atoms with Gasteiger partial charge in [0.1, 0.15) is 0 Å². The molecule has 4 N–H and O–H groups in total. The first kappa shape index (κ1) is 9.34. The van der Waals surface area contributed by atoms with Crippen molar-refractivity contribution in [2.45, 2.75) is 6.42 Å². The molecule has 0 aromatic heterocycles. The van der Waals surface area contributed by atoms with Crippen LogP contribution in [-0.2, 0) is 6.42 Å². The average Bonchev–Trinajstić information content (AvgIpc) is 2.65. The van der Waals surface area contributed by atoms with Gasteiger partial charge >= 0.3 is 0 Å². The summed E-state index contributed by atoms with van der Waals surface area (Å²) < 4.78 is 0. The molecular weight excluding hydrogens is 190 g/mol. The van der Waals surface area contributed by atoms with Crippen LogP contribution < -0.4 is 16.4 Å². The number of benzene rings is 1. The number of rotatable bonds is 1. The second-order valence-electron chi connectivity index (χ2n) is 3.25. The Morgan fingerprint density at radius 3 is 3.27 bits per heavy atom. The first-order valence-electron chi connectivity index (χ1n) is 4.65. The fourth-order valence-corrected chi connectivity index (χ4v) is 1.57. The molecule has 0 bridgehead atoms. The van der Waals surface area contributed by atoms with Gasteiger partial charge in [-0.05, 0) is 24.1 Å². The second kappa shape index (κ2) is 3.88. The van der Waals surface area contributed by atoms with E-state index in [0.717, 1.165) is 24.3 Å². The number of fused-ring (bicyclic) bond motifs is 1. The van der Waals surface area contributed by atoms with E-state index >= 15 is 0 Å². The van der Waals surface area contributed by atoms with Gasteiger partial charge in [0.2, 0.25) is 5.96 Å². The summed E-state index contributed by atoms with van der Waals surface area (Å²) in [5.74, 6) is 0.107. The summed E-state index contributed by atoms with van der Waals surface area (Å²) in [4.78, 5) is 4.05. The molecule has 5 nitrogen and oxygen atoms in total. The molecule has 0 unspecified atom stereocenters. The minimum absolute atomic E-state index is 0.107. The SMILES string of the molecule is N#CNC(N)=Nc1ccc2c(c1)NCC2. The van der Waals surface area contributed by atoms with E-state index in [-0.39, 0.29) is 5.96 Å². The maximum absolute atomic E-state index is 8.34. The fraction of sp³-hybridized carbons (Fsp3) is 0.200. The normalized spacial score (nSPS) is 13.9. The third-order valence-corrected chi connectivity index (χ3v) is 2.24. The van der Waals surface area contributed by atoms with Crippen molar-refractivity contribution < 1.29 is 0 Å². The molecule has 0 radical (unpaired) electrons. The molecule has 0 saturated heterocycles. The summed E-state index contributed by atoms with van der Waals surface area (Å²) in [5, 5.41) is 13.9. The summed E-state index contributed by atoms with van der Waals surface area (Å²) in [6.07, 6.45) is 2.77. The lowest BCUT2D eigenvalue weighted by Gasteiger charge is -2.01. The highest BCUT2D eigenvalue weighted by Crippen LogP contribution is 2.26. The monoisotopic (exact) mass is 201 g/mol. The van der Waals surface area contributed by atoms with Crippen LogP contribution in [0.3, 0.4) is 0 Å². The van der Waals surface area contributed by atoms with E-state index in [0.29, 0.717) is 0 Å². The third-order valence-electron chi connectivity index (χ3n) is 2.24. The summed E-state index contributed by atoms with van der Waals surface area (Å²) in [6.45, 7) is 0.967. The van der Waals surface area contributed by atoms with Crippen LogP contribution in [0.15, 0.2) is 23.2 Å². The standard InChI is InChI=1S/C10H11N5/c11-6-14-10(12)15-8-2-1-7-3-4-13-9(7)5-8/h1-2,5,13H,3-4H2,(H3,12,14,15). The number of guanidine groups is 1. The Balaban J connectivity index is 2.24. The molecule has 0 spiro atoms. The quantitative estimate of drug-likeness (QED) is 0.270. The predicted octanol–water partition coefficient (Wildman–Crippen LogP) is 0.671. The van der Waals surface area contributed by atoms with Crippen molar-refractivity contribution in [3.63, 3.8) is 0 Å². The minimum atomic E-state index is 0.107. The molecule has 0 amide bonds. The molecule has 0 aliphatic carbocycles. The lowest BCUT2D eigenvalue weighted by Crippen LogP contribution is -2.26. The molecule has 0 atom stereocenters. The molecule has 2 rings (SSSR count). The van der Waals surface area contributed by atoms with Crippen molar-refractivity contribution >= 4 is 17.3 Å². The molecule has 1 heterocycles. The van der Waals surface area contributed by atoms with Gasteiger partial charge in [0.05, 0.1) is 5.69 Å². The summed E-state index contributed by atoms with van der Waals surface area (Å²) in [7, 11) is 0. The number of hydrogen-bond donors (Lipinski definition) is 3. The second-order valence-corrected chi connectivity index (χ2v) is 3.25. The van der Waals surface area contributed by atoms with Crippen molar-refractivity contribution in [3.05, 3.63) is 23.8 Å². The van der Waals surface area contributed by atoms with E-state index in [1.807, 2.05) is 18.2 Å². The van der Waals surface area contributed by atoms with Crippen LogP contribution >= 0.6 is 0 Å². The molecule has 0 fully saturated rings. The Hall–Kier alpha value is -2.22. The average molecular weight is 201 g/mol. The smallest absolute Gasteiger partial charge is 0.207 e. The fourth-order valence-electron chi connectivity index (χ4n) is 1.57. The van der Waals surface area contributed by atoms with E-state index < -0.39 is 0 Å². The summed E-state index contributed by atoms with van der Waals surface area (Å²) in [5.41, 5.74) is 8.59. The first-order valence-corrected chi connectivity index (χ1v) is 4.65. The van der Waals surface area contributed by atoms with Gasteiger partial charge in [0.15, 0.2) is 6.19 Å². The van der Waals surface area contributed by atoms with Crippen molar-refractivity contribution in [1.29, 1.82) is 5.26 Å². The molecule has 1 aliphatic rings. The molecule has 1 aromatic carbocycles. The molecule has 1 aromatic rings. The van der Waals surface area contributed by atoms with Gasteiger partial charge in [-0.3, -0.25) is 5.32 Å². The molecule has 15 heavy (non-hydrogen) atoms. The maximum Gasteiger partial charge on any atom is 0.207 e. The molecule has 1 aliphatic heterocycles. The third kappa shape index (κ3) is 1.99. The first-order chi connectivity index (χ1) is 7.29. The van der Waals surface area contributed by atoms with E-state index in [9.17, 15) is 0 Å². The topological polar surface area (TPSA) is 86.2 Å². The van der Waals surface area contributed by atoms with E-state index in [1.54, 1.807) is 6.19 Å². The van der Waals surface area contributed by atoms with Gasteiger partial charge in [0.25, 0.3) is 0 Å². The molecule has 76 valence electrons. The van der Waals surface area contributed by atoms with Crippen LogP contribution in [-0.4, -0.2) is 12.5 Å². The Morgan fingerprint density at radius 1 is 1.60 bits per heavy atom. The zero-order valence-corrected chi connectivity index (χ0v) is 8.12. The van der Waals surface area contributed by atoms with Crippen molar-refractivity contribution in [2.24, 2.45) is 10.7 Å². The van der Waals surface area contributed by atoms with Crippen LogP contribution in [0.4, 0.5) is 11.4 Å². The van der Waals surface area contributed by atoms with Crippen molar-refractivity contribution in [3.8, 4) is 6.19 Å². The number of nitrogens with one attached hydrogen (secondary N) is 2. The van der Waals surface area contributed by atoms with Gasteiger partial charge in [-0.25, -0.2) is 4.99 Å². The highest BCUT2D eigenvalue weighted by atomic mass is 15.1. The minimum Gasteiger partial charge on any atom is -0.384 e. The number of nitrogens with zero attached hydrogens (tertiary/aromatic N) is 2. The van der Waals surface area contributed by atoms with Crippen LogP contribution in [0.1, 0.15) is 5.56 Å². The number of anilines is 1. The Labute approximate surface area is 87.6 Å². The highest BCUT2D eigenvalue weighted by molar-refractivity contribution is 5.82. The van der Waals surface area contributed by atoms with E-state index in [2.05, 4.69) is 15.6 Å². The van der Waals surface area contributed by atoms with Crippen LogP contribution in [0.2, 0.25) is 0 Å². The van der Waals surface area contributed by atoms with Crippen LogP contribution in [0.5, 0.6) is 0 Å². The number of nitrogens with two attached hydrogens (primary N) is 1. The highest BCUT2D eigenvalue weighted by Gasteiger charge is 2.09. The van der Waals surface area contributed by atoms with Gasteiger partial charge in [-0.1, -0.05) is 6.07 Å². The predicted molar refractivity (Wildman–Crippen MR) is 58.7 cm³/mol. The largest absolute Gasteiger partial charge is 0.384 e. The van der Waals surface area contributed by atoms with Crippen molar-refractivity contribution in [1.82, 2.24) is 5.32 Å². The molecule has 0 saturated carbocycles. The van der Waals surface area contributed by atoms with Gasteiger partial charge in [0, 0.05) is 12.2 Å². The summed E-state index contributed by atoms with van der Waals surface area (Å²) in [6, 6.07) is 5.83. The zero-order chi connectivity index (χ0) is 10.7. The van der Waals surface area contributed by atoms with E-state index in [1.165, 1.54) is 5.56 Å². The van der Waals surface area contributed by atoms with Crippen molar-refractivity contribution in [2.75, 3.05) is 11.9 Å². The van der Waals surface area contributed by atoms with Crippen LogP contribution in [0, 0.1) is 11.5 Å². The zero-order valence-electron chi connectivity index (χ0n) is 8.12. The molecular formula is C10H11N5. The number of hydrogen-bond acceptors (Lipinski definition) is 3. The van der Waals surface area contributed by atoms with E-state index in [4.69, 9.17) is 11.0 Å². The lowest BCUT2D eigenvalue weighted by atomic mass is 10.1. The van der Waals surface area contributed by atoms with Gasteiger partial charge in [-0.2, -0.15) is 5.26 Å². The van der Waals surface area contributed by atoms with Gasteiger partial charge < -0.3 is 11.1 Å². The lowest BCUT2D eigenvalue weighted by molar-refractivity contribution is 1.11. The summed E-state index contributed by atoms with van der Waals surface area (Å²) >= 11 is 0. The number of aliphatic imine (C=N–C) groups is 1. The van der Waals surface area contributed by atoms with Gasteiger partial charge in [-0.15, -0.1) is 0 Å². The van der Waals surface area contributed by atoms with Crippen LogP contribution in [0.25, 0.3) is 0 Å².